The molecule has 12 heavy (non-hydrogen) atoms. The third kappa shape index (κ3) is 1.36. The van der Waals surface area contributed by atoms with Crippen molar-refractivity contribution in [2.75, 3.05) is 7.11 Å². The monoisotopic (exact) mass is 226 g/mol. The quantitative estimate of drug-likeness (QED) is 0.706. The van der Waals surface area contributed by atoms with E-state index >= 15 is 0 Å². The molecule has 0 radical (unpaired) electrons. The van der Waals surface area contributed by atoms with Crippen LogP contribution in [0.25, 0.3) is 0 Å². The van der Waals surface area contributed by atoms with Crippen molar-refractivity contribution in [1.29, 1.82) is 0 Å². The zero-order valence-electron chi connectivity index (χ0n) is 6.96. The molecule has 0 unspecified atom stereocenters. The zero-order chi connectivity index (χ0) is 8.55. The summed E-state index contributed by atoms with van der Waals surface area (Å²) in [6.45, 7) is 0. The average molecular weight is 227 g/mol. The lowest BCUT2D eigenvalue weighted by atomic mass is 10.1. The second kappa shape index (κ2) is 3.09. The fourth-order valence-corrected chi connectivity index (χ4v) is 2.15. The van der Waals surface area contributed by atoms with Crippen molar-refractivity contribution < 1.29 is 4.74 Å². The van der Waals surface area contributed by atoms with E-state index in [-0.39, 0.29) is 0 Å². The molecule has 1 aromatic carbocycles. The number of methoxy groups -OCH3 is 1. The molecule has 2 heteroatoms. The molecule has 0 aromatic heterocycles. The Kier molecular flexibility index (Phi) is 2.09. The van der Waals surface area contributed by atoms with Crippen LogP contribution < -0.4 is 4.74 Å². The van der Waals surface area contributed by atoms with Crippen molar-refractivity contribution in [3.05, 3.63) is 29.8 Å². The normalized spacial score (nSPS) is 26.8. The van der Waals surface area contributed by atoms with Crippen LogP contribution in [0.3, 0.4) is 0 Å². The molecule has 1 aromatic rings. The zero-order valence-corrected chi connectivity index (χ0v) is 8.54. The molecule has 1 aliphatic rings. The minimum atomic E-state index is 0.661. The minimum absolute atomic E-state index is 0.661. The van der Waals surface area contributed by atoms with E-state index in [1.807, 2.05) is 12.1 Å². The first-order chi connectivity index (χ1) is 5.83. The van der Waals surface area contributed by atoms with Gasteiger partial charge in [0.15, 0.2) is 0 Å². The molecule has 64 valence electrons. The molecule has 1 fully saturated rings. The second-order valence-electron chi connectivity index (χ2n) is 3.10. The maximum absolute atomic E-state index is 5.27. The Labute approximate surface area is 80.9 Å². The summed E-state index contributed by atoms with van der Waals surface area (Å²) in [5.41, 5.74) is 1.34. The first kappa shape index (κ1) is 8.11. The van der Waals surface area contributed by atoms with E-state index < -0.39 is 0 Å². The van der Waals surface area contributed by atoms with Crippen molar-refractivity contribution in [3.63, 3.8) is 0 Å². The molecule has 0 saturated heterocycles. The van der Waals surface area contributed by atoms with Crippen molar-refractivity contribution in [3.8, 4) is 5.75 Å². The lowest BCUT2D eigenvalue weighted by Gasteiger charge is -2.05. The number of ether oxygens (including phenoxy) is 1. The molecule has 1 aliphatic carbocycles. The highest BCUT2D eigenvalue weighted by Gasteiger charge is 2.37. The van der Waals surface area contributed by atoms with Gasteiger partial charge in [0.2, 0.25) is 0 Å². The van der Waals surface area contributed by atoms with E-state index in [1.54, 1.807) is 7.11 Å². The van der Waals surface area contributed by atoms with Crippen LogP contribution in [0.5, 0.6) is 5.75 Å². The van der Waals surface area contributed by atoms with Crippen molar-refractivity contribution in [2.24, 2.45) is 0 Å². The number of para-hydroxylation sites is 1. The van der Waals surface area contributed by atoms with Gasteiger partial charge in [0.1, 0.15) is 5.75 Å². The van der Waals surface area contributed by atoms with Gasteiger partial charge in [-0.25, -0.2) is 0 Å². The molecule has 0 aliphatic heterocycles. The maximum Gasteiger partial charge on any atom is 0.122 e. The Morgan fingerprint density at radius 3 is 2.67 bits per heavy atom. The number of hydrogen-bond acceptors (Lipinski definition) is 1. The fraction of sp³-hybridized carbons (Fsp3) is 0.400. The Morgan fingerprint density at radius 2 is 2.08 bits per heavy atom. The summed E-state index contributed by atoms with van der Waals surface area (Å²) in [6.07, 6.45) is 1.24. The van der Waals surface area contributed by atoms with Crippen molar-refractivity contribution in [1.82, 2.24) is 0 Å². The predicted octanol–water partition coefficient (Wildman–Crippen LogP) is 2.95. The van der Waals surface area contributed by atoms with E-state index in [4.69, 9.17) is 4.74 Å². The number of alkyl halides is 1. The number of benzene rings is 1. The minimum Gasteiger partial charge on any atom is -0.496 e. The maximum atomic E-state index is 5.27. The number of hydrogen-bond donors (Lipinski definition) is 0. The smallest absolute Gasteiger partial charge is 0.122 e. The summed E-state index contributed by atoms with van der Waals surface area (Å²) in [5, 5.41) is 0. The van der Waals surface area contributed by atoms with E-state index in [2.05, 4.69) is 28.1 Å². The average Bonchev–Trinajstić information content (AvgIpc) is 2.83. The third-order valence-electron chi connectivity index (χ3n) is 2.25. The van der Waals surface area contributed by atoms with Gasteiger partial charge < -0.3 is 4.74 Å². The van der Waals surface area contributed by atoms with Gasteiger partial charge >= 0.3 is 0 Å². The molecule has 1 saturated carbocycles. The van der Waals surface area contributed by atoms with Gasteiger partial charge in [0.05, 0.1) is 7.11 Å². The van der Waals surface area contributed by atoms with Crippen LogP contribution in [0.15, 0.2) is 24.3 Å². The predicted molar refractivity (Wildman–Crippen MR) is 53.1 cm³/mol. The topological polar surface area (TPSA) is 9.23 Å². The largest absolute Gasteiger partial charge is 0.496 e. The summed E-state index contributed by atoms with van der Waals surface area (Å²) in [5.74, 6) is 1.69. The Bertz CT molecular complexity index is 285. The van der Waals surface area contributed by atoms with Crippen molar-refractivity contribution in [2.45, 2.75) is 17.2 Å². The second-order valence-corrected chi connectivity index (χ2v) is 4.28. The molecule has 0 bridgehead atoms. The van der Waals surface area contributed by atoms with Crippen LogP contribution in [0.1, 0.15) is 17.9 Å². The standard InChI is InChI=1S/C10H11BrO/c1-12-10-5-3-2-4-7(10)8-6-9(8)11/h2-5,8-9H,6H2,1H3/t8-,9+/m0/s1. The molecule has 2 rings (SSSR count). The van der Waals surface area contributed by atoms with Crippen LogP contribution in [0, 0.1) is 0 Å². The molecule has 2 atom stereocenters. The lowest BCUT2D eigenvalue weighted by Crippen LogP contribution is -1.89. The lowest BCUT2D eigenvalue weighted by molar-refractivity contribution is 0.410. The third-order valence-corrected chi connectivity index (χ3v) is 3.26. The van der Waals surface area contributed by atoms with Crippen molar-refractivity contribution >= 4 is 15.9 Å². The van der Waals surface area contributed by atoms with Gasteiger partial charge in [-0.05, 0) is 18.1 Å². The van der Waals surface area contributed by atoms with Gasteiger partial charge in [0, 0.05) is 10.7 Å². The summed E-state index contributed by atoms with van der Waals surface area (Å²) in [7, 11) is 1.73. The fourth-order valence-electron chi connectivity index (χ4n) is 1.46. The SMILES string of the molecule is COc1ccccc1[C@@H]1C[C@H]1Br. The summed E-state index contributed by atoms with van der Waals surface area (Å²) < 4.78 is 5.27. The Balaban J connectivity index is 2.29. The van der Waals surface area contributed by atoms with Crippen LogP contribution in [-0.2, 0) is 0 Å². The number of rotatable bonds is 2. The summed E-state index contributed by atoms with van der Waals surface area (Å²) in [6, 6.07) is 8.24. The van der Waals surface area contributed by atoms with Gasteiger partial charge in [0.25, 0.3) is 0 Å². The highest BCUT2D eigenvalue weighted by atomic mass is 79.9. The molecule has 0 N–H and O–H groups in total. The van der Waals surface area contributed by atoms with E-state index in [0.29, 0.717) is 10.7 Å². The molecule has 0 spiro atoms. The van der Waals surface area contributed by atoms with E-state index in [9.17, 15) is 0 Å². The highest BCUT2D eigenvalue weighted by molar-refractivity contribution is 9.09. The molecular weight excluding hydrogens is 216 g/mol. The van der Waals surface area contributed by atoms with E-state index in [1.165, 1.54) is 12.0 Å². The summed E-state index contributed by atoms with van der Waals surface area (Å²) >= 11 is 3.59. The van der Waals surface area contributed by atoms with Crippen LogP contribution in [0.4, 0.5) is 0 Å². The Hall–Kier alpha value is -0.500. The van der Waals surface area contributed by atoms with Crippen LogP contribution in [-0.4, -0.2) is 11.9 Å². The number of halogens is 1. The van der Waals surface area contributed by atoms with Gasteiger partial charge in [-0.1, -0.05) is 34.1 Å². The summed E-state index contributed by atoms with van der Waals surface area (Å²) in [4.78, 5) is 0.661. The van der Waals surface area contributed by atoms with Gasteiger partial charge in [-0.3, -0.25) is 0 Å². The molecular formula is C10H11BrO. The van der Waals surface area contributed by atoms with Crippen LogP contribution >= 0.6 is 15.9 Å². The van der Waals surface area contributed by atoms with E-state index in [0.717, 1.165) is 5.75 Å². The first-order valence-corrected chi connectivity index (χ1v) is 5.01. The Morgan fingerprint density at radius 1 is 1.42 bits per heavy atom. The molecule has 0 amide bonds. The van der Waals surface area contributed by atoms with Crippen LogP contribution in [0.2, 0.25) is 0 Å². The van der Waals surface area contributed by atoms with Gasteiger partial charge in [-0.15, -0.1) is 0 Å². The highest BCUT2D eigenvalue weighted by Crippen LogP contribution is 2.49. The van der Waals surface area contributed by atoms with Gasteiger partial charge in [-0.2, -0.15) is 0 Å². The molecule has 0 heterocycles. The molecule has 1 nitrogen and oxygen atoms in total. The first-order valence-electron chi connectivity index (χ1n) is 4.10.